The van der Waals surface area contributed by atoms with Crippen molar-refractivity contribution in [3.05, 3.63) is 53.8 Å². The second-order valence-corrected chi connectivity index (χ2v) is 4.68. The molecule has 0 aliphatic heterocycles. The van der Waals surface area contributed by atoms with Gasteiger partial charge in [-0.25, -0.2) is 14.4 Å². The molecule has 1 aromatic heterocycles. The van der Waals surface area contributed by atoms with E-state index in [1.54, 1.807) is 0 Å². The van der Waals surface area contributed by atoms with Crippen molar-refractivity contribution < 1.29 is 4.39 Å². The Hall–Kier alpha value is -2.49. The SMILES string of the molecule is CNc1nc(-c2cc(C)cc(F)c2)nc2ccccc12. The molecular formula is C16H14FN3. The van der Waals surface area contributed by atoms with Crippen LogP contribution < -0.4 is 5.32 Å². The van der Waals surface area contributed by atoms with Crippen molar-refractivity contribution in [2.24, 2.45) is 0 Å². The van der Waals surface area contributed by atoms with Crippen molar-refractivity contribution in [1.29, 1.82) is 0 Å². The Kier molecular flexibility index (Phi) is 3.06. The van der Waals surface area contributed by atoms with Crippen molar-refractivity contribution in [3.63, 3.8) is 0 Å². The monoisotopic (exact) mass is 267 g/mol. The van der Waals surface area contributed by atoms with Crippen molar-refractivity contribution >= 4 is 16.7 Å². The molecule has 100 valence electrons. The third-order valence-electron chi connectivity index (χ3n) is 3.14. The quantitative estimate of drug-likeness (QED) is 0.767. The number of aromatic nitrogens is 2. The second kappa shape index (κ2) is 4.89. The van der Waals surface area contributed by atoms with E-state index < -0.39 is 0 Å². The summed E-state index contributed by atoms with van der Waals surface area (Å²) in [6, 6.07) is 12.6. The highest BCUT2D eigenvalue weighted by Crippen LogP contribution is 2.25. The predicted molar refractivity (Wildman–Crippen MR) is 79.2 cm³/mol. The van der Waals surface area contributed by atoms with Gasteiger partial charge in [-0.2, -0.15) is 0 Å². The van der Waals surface area contributed by atoms with Crippen LogP contribution in [0.2, 0.25) is 0 Å². The van der Waals surface area contributed by atoms with Crippen molar-refractivity contribution in [2.45, 2.75) is 6.92 Å². The molecule has 0 radical (unpaired) electrons. The number of aryl methyl sites for hydroxylation is 1. The van der Waals surface area contributed by atoms with Gasteiger partial charge in [0.05, 0.1) is 5.52 Å². The molecule has 2 aromatic carbocycles. The summed E-state index contributed by atoms with van der Waals surface area (Å²) in [6.45, 7) is 1.85. The molecule has 20 heavy (non-hydrogen) atoms. The summed E-state index contributed by atoms with van der Waals surface area (Å²) in [5.41, 5.74) is 2.37. The minimum Gasteiger partial charge on any atom is -0.373 e. The van der Waals surface area contributed by atoms with Gasteiger partial charge < -0.3 is 5.32 Å². The Balaban J connectivity index is 2.26. The van der Waals surface area contributed by atoms with Crippen LogP contribution in [-0.4, -0.2) is 17.0 Å². The van der Waals surface area contributed by atoms with E-state index in [9.17, 15) is 4.39 Å². The molecule has 3 rings (SSSR count). The van der Waals surface area contributed by atoms with Crippen LogP contribution in [0.15, 0.2) is 42.5 Å². The van der Waals surface area contributed by atoms with Crippen LogP contribution in [0.3, 0.4) is 0 Å². The molecule has 4 heteroatoms. The maximum atomic E-state index is 13.5. The normalized spacial score (nSPS) is 10.8. The minimum absolute atomic E-state index is 0.275. The van der Waals surface area contributed by atoms with Crippen LogP contribution in [0, 0.1) is 12.7 Å². The van der Waals surface area contributed by atoms with Gasteiger partial charge in [-0.3, -0.25) is 0 Å². The molecule has 0 bridgehead atoms. The van der Waals surface area contributed by atoms with Gasteiger partial charge in [0.15, 0.2) is 5.82 Å². The smallest absolute Gasteiger partial charge is 0.162 e. The summed E-state index contributed by atoms with van der Waals surface area (Å²) < 4.78 is 13.5. The van der Waals surface area contributed by atoms with Crippen molar-refractivity contribution in [1.82, 2.24) is 9.97 Å². The first-order valence-electron chi connectivity index (χ1n) is 6.39. The van der Waals surface area contributed by atoms with Crippen LogP contribution in [0.25, 0.3) is 22.3 Å². The van der Waals surface area contributed by atoms with E-state index in [1.807, 2.05) is 44.3 Å². The Morgan fingerprint density at radius 1 is 1.05 bits per heavy atom. The largest absolute Gasteiger partial charge is 0.373 e. The zero-order valence-corrected chi connectivity index (χ0v) is 11.3. The number of rotatable bonds is 2. The lowest BCUT2D eigenvalue weighted by molar-refractivity contribution is 0.627. The Bertz CT molecular complexity index is 764. The Morgan fingerprint density at radius 3 is 2.60 bits per heavy atom. The molecule has 1 heterocycles. The number of hydrogen-bond donors (Lipinski definition) is 1. The molecule has 0 amide bonds. The molecular weight excluding hydrogens is 253 g/mol. The summed E-state index contributed by atoms with van der Waals surface area (Å²) in [4.78, 5) is 9.00. The highest BCUT2D eigenvalue weighted by molar-refractivity contribution is 5.90. The second-order valence-electron chi connectivity index (χ2n) is 4.68. The number of para-hydroxylation sites is 1. The molecule has 0 aliphatic rings. The fourth-order valence-corrected chi connectivity index (χ4v) is 2.26. The van der Waals surface area contributed by atoms with E-state index in [1.165, 1.54) is 12.1 Å². The lowest BCUT2D eigenvalue weighted by atomic mass is 10.1. The standard InChI is InChI=1S/C16H14FN3/c1-10-7-11(9-12(17)8-10)15-19-14-6-4-3-5-13(14)16(18-2)20-15/h3-9H,1-2H3,(H,18,19,20). The van der Waals surface area contributed by atoms with E-state index >= 15 is 0 Å². The summed E-state index contributed by atoms with van der Waals surface area (Å²) in [7, 11) is 1.81. The van der Waals surface area contributed by atoms with Crippen LogP contribution in [0.1, 0.15) is 5.56 Å². The van der Waals surface area contributed by atoms with Gasteiger partial charge in [-0.05, 0) is 42.8 Å². The molecule has 0 aliphatic carbocycles. The van der Waals surface area contributed by atoms with Gasteiger partial charge in [0.2, 0.25) is 0 Å². The van der Waals surface area contributed by atoms with Gasteiger partial charge in [0, 0.05) is 18.0 Å². The number of hydrogen-bond acceptors (Lipinski definition) is 3. The van der Waals surface area contributed by atoms with E-state index in [0.717, 1.165) is 22.3 Å². The number of anilines is 1. The van der Waals surface area contributed by atoms with Gasteiger partial charge in [0.25, 0.3) is 0 Å². The fraction of sp³-hybridized carbons (Fsp3) is 0.125. The van der Waals surface area contributed by atoms with Crippen LogP contribution in [0.4, 0.5) is 10.2 Å². The zero-order chi connectivity index (χ0) is 14.1. The number of fused-ring (bicyclic) bond motifs is 1. The average molecular weight is 267 g/mol. The lowest BCUT2D eigenvalue weighted by Gasteiger charge is -2.08. The first-order chi connectivity index (χ1) is 9.67. The van der Waals surface area contributed by atoms with Gasteiger partial charge in [-0.15, -0.1) is 0 Å². The molecule has 3 nitrogen and oxygen atoms in total. The molecule has 3 aromatic rings. The van der Waals surface area contributed by atoms with Crippen LogP contribution in [-0.2, 0) is 0 Å². The number of nitrogens with zero attached hydrogens (tertiary/aromatic N) is 2. The van der Waals surface area contributed by atoms with E-state index in [0.29, 0.717) is 11.4 Å². The molecule has 0 atom stereocenters. The van der Waals surface area contributed by atoms with E-state index in [-0.39, 0.29) is 5.82 Å². The first kappa shape index (κ1) is 12.5. The van der Waals surface area contributed by atoms with Crippen LogP contribution in [0.5, 0.6) is 0 Å². The lowest BCUT2D eigenvalue weighted by Crippen LogP contribution is -1.99. The van der Waals surface area contributed by atoms with Gasteiger partial charge in [0.1, 0.15) is 11.6 Å². The van der Waals surface area contributed by atoms with Crippen molar-refractivity contribution in [3.8, 4) is 11.4 Å². The third kappa shape index (κ3) is 2.20. The maximum Gasteiger partial charge on any atom is 0.162 e. The summed E-state index contributed by atoms with van der Waals surface area (Å²) in [5, 5.41) is 4.02. The number of benzene rings is 2. The number of halogens is 1. The third-order valence-corrected chi connectivity index (χ3v) is 3.14. The summed E-state index contributed by atoms with van der Waals surface area (Å²) in [6.07, 6.45) is 0. The molecule has 0 spiro atoms. The van der Waals surface area contributed by atoms with Crippen molar-refractivity contribution in [2.75, 3.05) is 12.4 Å². The molecule has 1 N–H and O–H groups in total. The van der Waals surface area contributed by atoms with Crippen LogP contribution >= 0.6 is 0 Å². The van der Waals surface area contributed by atoms with Gasteiger partial charge >= 0.3 is 0 Å². The van der Waals surface area contributed by atoms with E-state index in [2.05, 4.69) is 15.3 Å². The average Bonchev–Trinajstić information content (AvgIpc) is 2.45. The maximum absolute atomic E-state index is 13.5. The number of nitrogens with one attached hydrogen (secondary N) is 1. The molecule has 0 unspecified atom stereocenters. The fourth-order valence-electron chi connectivity index (χ4n) is 2.26. The summed E-state index contributed by atoms with van der Waals surface area (Å²) in [5.74, 6) is 0.992. The first-order valence-corrected chi connectivity index (χ1v) is 6.39. The highest BCUT2D eigenvalue weighted by atomic mass is 19.1. The topological polar surface area (TPSA) is 37.8 Å². The summed E-state index contributed by atoms with van der Waals surface area (Å²) >= 11 is 0. The Labute approximate surface area is 116 Å². The minimum atomic E-state index is -0.275. The highest BCUT2D eigenvalue weighted by Gasteiger charge is 2.09. The van der Waals surface area contributed by atoms with Gasteiger partial charge in [-0.1, -0.05) is 12.1 Å². The molecule has 0 saturated heterocycles. The predicted octanol–water partition coefficient (Wildman–Crippen LogP) is 3.79. The van der Waals surface area contributed by atoms with E-state index in [4.69, 9.17) is 0 Å². The Morgan fingerprint density at radius 2 is 1.85 bits per heavy atom. The molecule has 0 saturated carbocycles. The molecule has 0 fully saturated rings. The zero-order valence-electron chi connectivity index (χ0n) is 11.3.